The normalized spacial score (nSPS) is 27.2. The molecule has 2 aromatic rings. The highest BCUT2D eigenvalue weighted by Gasteiger charge is 2.47. The Bertz CT molecular complexity index is 873. The average Bonchev–Trinajstić information content (AvgIpc) is 2.72. The van der Waals surface area contributed by atoms with Crippen molar-refractivity contribution in [2.24, 2.45) is 11.8 Å². The zero-order chi connectivity index (χ0) is 19.5. The molecule has 2 fully saturated rings. The van der Waals surface area contributed by atoms with Crippen molar-refractivity contribution < 1.29 is 9.59 Å². The maximum atomic E-state index is 13.1. The van der Waals surface area contributed by atoms with Crippen LogP contribution in [0, 0.1) is 18.8 Å². The number of hydrogen-bond donors (Lipinski definition) is 1. The molecule has 2 heterocycles. The first-order valence-electron chi connectivity index (χ1n) is 10.1. The number of fused-ring (bicyclic) bond motifs is 1. The van der Waals surface area contributed by atoms with E-state index < -0.39 is 5.92 Å². The maximum Gasteiger partial charge on any atom is 0.231 e. The predicted molar refractivity (Wildman–Crippen MR) is 110 cm³/mol. The highest BCUT2D eigenvalue weighted by atomic mass is 16.2. The van der Waals surface area contributed by atoms with E-state index in [9.17, 15) is 9.59 Å². The SMILES string of the molecule is Cc1ccc(/C=C/C(=O)C2C(=O)NC3CCCCC3C2c2ccccc2)cn1. The number of pyridine rings is 1. The van der Waals surface area contributed by atoms with Gasteiger partial charge in [0.1, 0.15) is 5.92 Å². The molecule has 1 saturated carbocycles. The number of rotatable bonds is 4. The van der Waals surface area contributed by atoms with Crippen molar-refractivity contribution in [1.29, 1.82) is 0 Å². The van der Waals surface area contributed by atoms with E-state index in [4.69, 9.17) is 0 Å². The second-order valence-corrected chi connectivity index (χ2v) is 7.95. The first kappa shape index (κ1) is 18.6. The van der Waals surface area contributed by atoms with Gasteiger partial charge in [0.2, 0.25) is 5.91 Å². The molecular formula is C24H26N2O2. The fourth-order valence-corrected chi connectivity index (χ4v) is 4.73. The number of aromatic nitrogens is 1. The number of benzene rings is 1. The molecule has 1 amide bonds. The topological polar surface area (TPSA) is 59.1 Å². The third-order valence-electron chi connectivity index (χ3n) is 6.12. The van der Waals surface area contributed by atoms with Gasteiger partial charge in [-0.05, 0) is 55.0 Å². The Morgan fingerprint density at radius 2 is 1.89 bits per heavy atom. The molecule has 2 aliphatic rings. The molecular weight excluding hydrogens is 348 g/mol. The molecule has 1 N–H and O–H groups in total. The third kappa shape index (κ3) is 3.77. The largest absolute Gasteiger partial charge is 0.352 e. The van der Waals surface area contributed by atoms with Gasteiger partial charge in [0.05, 0.1) is 0 Å². The van der Waals surface area contributed by atoms with Crippen LogP contribution in [-0.2, 0) is 9.59 Å². The molecule has 4 atom stereocenters. The molecule has 28 heavy (non-hydrogen) atoms. The van der Waals surface area contributed by atoms with Crippen molar-refractivity contribution in [3.8, 4) is 0 Å². The summed E-state index contributed by atoms with van der Waals surface area (Å²) in [6.07, 6.45) is 9.41. The minimum absolute atomic E-state index is 0.0615. The number of ketones is 1. The van der Waals surface area contributed by atoms with Crippen LogP contribution in [-0.4, -0.2) is 22.7 Å². The highest BCUT2D eigenvalue weighted by molar-refractivity contribution is 6.09. The van der Waals surface area contributed by atoms with E-state index in [1.54, 1.807) is 18.3 Å². The lowest BCUT2D eigenvalue weighted by molar-refractivity contribution is -0.137. The first-order chi connectivity index (χ1) is 13.6. The van der Waals surface area contributed by atoms with Crippen LogP contribution in [0.4, 0.5) is 0 Å². The Kier molecular flexibility index (Phi) is 5.38. The second-order valence-electron chi connectivity index (χ2n) is 7.95. The number of hydrogen-bond acceptors (Lipinski definition) is 3. The molecule has 144 valence electrons. The summed E-state index contributed by atoms with van der Waals surface area (Å²) in [5.74, 6) is -0.674. The van der Waals surface area contributed by atoms with Crippen molar-refractivity contribution in [2.75, 3.05) is 0 Å². The molecule has 0 bridgehead atoms. The van der Waals surface area contributed by atoms with Gasteiger partial charge >= 0.3 is 0 Å². The summed E-state index contributed by atoms with van der Waals surface area (Å²) in [7, 11) is 0. The Labute approximate surface area is 166 Å². The molecule has 1 aliphatic carbocycles. The lowest BCUT2D eigenvalue weighted by atomic mass is 9.64. The monoisotopic (exact) mass is 374 g/mol. The number of amides is 1. The standard InChI is InChI=1S/C24H26N2O2/c1-16-11-12-17(15-25-16)13-14-21(27)23-22(18-7-3-2-4-8-18)19-9-5-6-10-20(19)26-24(23)28/h2-4,7-8,11-15,19-20,22-23H,5-6,9-10H2,1H3,(H,26,28)/b14-13+. The van der Waals surface area contributed by atoms with Crippen molar-refractivity contribution >= 4 is 17.8 Å². The molecule has 1 aliphatic heterocycles. The van der Waals surface area contributed by atoms with Crippen LogP contribution >= 0.6 is 0 Å². The number of nitrogens with one attached hydrogen (secondary N) is 1. The lowest BCUT2D eigenvalue weighted by Crippen LogP contribution is -2.56. The Balaban J connectivity index is 1.64. The van der Waals surface area contributed by atoms with Crippen LogP contribution in [0.15, 0.2) is 54.7 Å². The summed E-state index contributed by atoms with van der Waals surface area (Å²) in [5.41, 5.74) is 2.89. The van der Waals surface area contributed by atoms with E-state index in [2.05, 4.69) is 22.4 Å². The molecule has 4 unspecified atom stereocenters. The Morgan fingerprint density at radius 3 is 2.64 bits per heavy atom. The summed E-state index contributed by atoms with van der Waals surface area (Å²) in [4.78, 5) is 30.4. The summed E-state index contributed by atoms with van der Waals surface area (Å²) in [5, 5.41) is 3.15. The Hall–Kier alpha value is -2.75. The molecule has 1 saturated heterocycles. The minimum Gasteiger partial charge on any atom is -0.352 e. The number of carbonyl (C=O) groups is 2. The zero-order valence-electron chi connectivity index (χ0n) is 16.2. The quantitative estimate of drug-likeness (QED) is 0.648. The van der Waals surface area contributed by atoms with Gasteiger partial charge in [0.25, 0.3) is 0 Å². The van der Waals surface area contributed by atoms with Crippen molar-refractivity contribution in [3.05, 3.63) is 71.6 Å². The second kappa shape index (κ2) is 8.09. The van der Waals surface area contributed by atoms with Gasteiger partial charge in [-0.2, -0.15) is 0 Å². The predicted octanol–water partition coefficient (Wildman–Crippen LogP) is 4.06. The molecule has 1 aromatic heterocycles. The summed E-state index contributed by atoms with van der Waals surface area (Å²) in [6, 6.07) is 14.1. The van der Waals surface area contributed by atoms with Crippen LogP contribution in [0.2, 0.25) is 0 Å². The molecule has 4 rings (SSSR count). The van der Waals surface area contributed by atoms with E-state index in [0.29, 0.717) is 5.92 Å². The number of nitrogens with zero attached hydrogens (tertiary/aromatic N) is 1. The molecule has 0 spiro atoms. The highest BCUT2D eigenvalue weighted by Crippen LogP contribution is 2.44. The van der Waals surface area contributed by atoms with Crippen molar-refractivity contribution in [3.63, 3.8) is 0 Å². The van der Waals surface area contributed by atoms with Crippen LogP contribution in [0.25, 0.3) is 6.08 Å². The number of aryl methyl sites for hydroxylation is 1. The summed E-state index contributed by atoms with van der Waals surface area (Å²) >= 11 is 0. The molecule has 1 aromatic carbocycles. The first-order valence-corrected chi connectivity index (χ1v) is 10.1. The van der Waals surface area contributed by atoms with Gasteiger partial charge in [0, 0.05) is 23.9 Å². The number of piperidine rings is 1. The molecule has 4 nitrogen and oxygen atoms in total. The molecule has 0 radical (unpaired) electrons. The Morgan fingerprint density at radius 1 is 1.11 bits per heavy atom. The fourth-order valence-electron chi connectivity index (χ4n) is 4.73. The van der Waals surface area contributed by atoms with Crippen LogP contribution in [0.3, 0.4) is 0 Å². The van der Waals surface area contributed by atoms with Gasteiger partial charge < -0.3 is 5.32 Å². The number of carbonyl (C=O) groups excluding carboxylic acids is 2. The van der Waals surface area contributed by atoms with Crippen molar-refractivity contribution in [1.82, 2.24) is 10.3 Å². The average molecular weight is 374 g/mol. The minimum atomic E-state index is -0.670. The van der Waals surface area contributed by atoms with Crippen LogP contribution in [0.1, 0.15) is 48.4 Å². The van der Waals surface area contributed by atoms with E-state index >= 15 is 0 Å². The summed E-state index contributed by atoms with van der Waals surface area (Å²) in [6.45, 7) is 1.93. The number of allylic oxidation sites excluding steroid dienone is 1. The van der Waals surface area contributed by atoms with E-state index in [1.165, 1.54) is 0 Å². The zero-order valence-corrected chi connectivity index (χ0v) is 16.2. The van der Waals surface area contributed by atoms with E-state index in [-0.39, 0.29) is 23.7 Å². The van der Waals surface area contributed by atoms with Crippen molar-refractivity contribution in [2.45, 2.75) is 44.6 Å². The fraction of sp³-hybridized carbons (Fsp3) is 0.375. The van der Waals surface area contributed by atoms with E-state index in [1.807, 2.05) is 37.3 Å². The van der Waals surface area contributed by atoms with Gasteiger partial charge in [-0.25, -0.2) is 0 Å². The van der Waals surface area contributed by atoms with Crippen LogP contribution in [0.5, 0.6) is 0 Å². The third-order valence-corrected chi connectivity index (χ3v) is 6.12. The van der Waals surface area contributed by atoms with Gasteiger partial charge in [-0.3, -0.25) is 14.6 Å². The van der Waals surface area contributed by atoms with Gasteiger partial charge in [-0.15, -0.1) is 0 Å². The van der Waals surface area contributed by atoms with Gasteiger partial charge in [0.15, 0.2) is 5.78 Å². The summed E-state index contributed by atoms with van der Waals surface area (Å²) < 4.78 is 0. The van der Waals surface area contributed by atoms with Crippen LogP contribution < -0.4 is 5.32 Å². The lowest BCUT2D eigenvalue weighted by Gasteiger charge is -2.45. The van der Waals surface area contributed by atoms with Gasteiger partial charge in [-0.1, -0.05) is 49.2 Å². The smallest absolute Gasteiger partial charge is 0.231 e. The molecule has 4 heteroatoms. The maximum absolute atomic E-state index is 13.1. The van der Waals surface area contributed by atoms with E-state index in [0.717, 1.165) is 42.5 Å².